The topological polar surface area (TPSA) is 20.2 Å². The third-order valence-corrected chi connectivity index (χ3v) is 2.24. The highest BCUT2D eigenvalue weighted by atomic mass is 16.3. The largest absolute Gasteiger partial charge is 0.388 e. The molecule has 1 nitrogen and oxygen atoms in total. The first-order chi connectivity index (χ1) is 6.74. The first kappa shape index (κ1) is 10.7. The van der Waals surface area contributed by atoms with Gasteiger partial charge in [-0.2, -0.15) is 0 Å². The fourth-order valence-electron chi connectivity index (χ4n) is 1.27. The van der Waals surface area contributed by atoms with Gasteiger partial charge < -0.3 is 5.11 Å². The lowest BCUT2D eigenvalue weighted by Gasteiger charge is -2.09. The molecule has 0 amide bonds. The summed E-state index contributed by atoms with van der Waals surface area (Å²) in [6, 6.07) is 10.1. The number of rotatable bonds is 5. The summed E-state index contributed by atoms with van der Waals surface area (Å²) in [4.78, 5) is 0. The maximum Gasteiger partial charge on any atom is 0.0787 e. The van der Waals surface area contributed by atoms with Gasteiger partial charge in [-0.3, -0.25) is 0 Å². The van der Waals surface area contributed by atoms with Crippen molar-refractivity contribution in [3.63, 3.8) is 0 Å². The maximum absolute atomic E-state index is 9.61. The molecular formula is C13H16O. The molecule has 0 aliphatic carbocycles. The van der Waals surface area contributed by atoms with E-state index in [4.69, 9.17) is 0 Å². The van der Waals surface area contributed by atoms with Crippen molar-refractivity contribution in [2.24, 2.45) is 0 Å². The van der Waals surface area contributed by atoms with Crippen molar-refractivity contribution in [2.45, 2.75) is 18.9 Å². The van der Waals surface area contributed by atoms with Gasteiger partial charge in [-0.25, -0.2) is 0 Å². The fourth-order valence-corrected chi connectivity index (χ4v) is 1.27. The Hall–Kier alpha value is -1.34. The summed E-state index contributed by atoms with van der Waals surface area (Å²) in [5.41, 5.74) is 1.93. The van der Waals surface area contributed by atoms with E-state index in [1.807, 2.05) is 18.2 Å². The van der Waals surface area contributed by atoms with Crippen molar-refractivity contribution in [2.75, 3.05) is 0 Å². The van der Waals surface area contributed by atoms with Crippen molar-refractivity contribution in [1.29, 1.82) is 0 Å². The highest BCUT2D eigenvalue weighted by Crippen LogP contribution is 2.10. The second-order valence-corrected chi connectivity index (χ2v) is 3.32. The first-order valence-electron chi connectivity index (χ1n) is 4.77. The number of hydrogen-bond acceptors (Lipinski definition) is 1. The summed E-state index contributed by atoms with van der Waals surface area (Å²) in [6.07, 6.45) is 2.71. The Morgan fingerprint density at radius 2 is 2.00 bits per heavy atom. The summed E-state index contributed by atoms with van der Waals surface area (Å²) in [6.45, 7) is 7.29. The van der Waals surface area contributed by atoms with Crippen LogP contribution in [0.4, 0.5) is 0 Å². The SMILES string of the molecule is C=CC(=C)C(O)CCc1ccccc1. The second-order valence-electron chi connectivity index (χ2n) is 3.32. The average Bonchev–Trinajstić information content (AvgIpc) is 2.26. The fraction of sp³-hybridized carbons (Fsp3) is 0.231. The molecule has 1 aromatic rings. The third kappa shape index (κ3) is 3.19. The van der Waals surface area contributed by atoms with Crippen LogP contribution in [-0.4, -0.2) is 11.2 Å². The molecule has 1 N–H and O–H groups in total. The van der Waals surface area contributed by atoms with E-state index < -0.39 is 6.10 Å². The van der Waals surface area contributed by atoms with Gasteiger partial charge in [-0.15, -0.1) is 0 Å². The van der Waals surface area contributed by atoms with Gasteiger partial charge >= 0.3 is 0 Å². The zero-order valence-corrected chi connectivity index (χ0v) is 8.32. The van der Waals surface area contributed by atoms with Crippen LogP contribution >= 0.6 is 0 Å². The molecule has 0 heterocycles. The third-order valence-electron chi connectivity index (χ3n) is 2.24. The van der Waals surface area contributed by atoms with Gasteiger partial charge in [0.05, 0.1) is 6.10 Å². The van der Waals surface area contributed by atoms with Crippen molar-refractivity contribution >= 4 is 0 Å². The highest BCUT2D eigenvalue weighted by Gasteiger charge is 2.05. The molecule has 14 heavy (non-hydrogen) atoms. The Balaban J connectivity index is 2.41. The maximum atomic E-state index is 9.61. The molecule has 1 aromatic carbocycles. The van der Waals surface area contributed by atoms with E-state index in [-0.39, 0.29) is 0 Å². The van der Waals surface area contributed by atoms with E-state index in [1.54, 1.807) is 6.08 Å². The quantitative estimate of drug-likeness (QED) is 0.704. The zero-order chi connectivity index (χ0) is 10.4. The summed E-state index contributed by atoms with van der Waals surface area (Å²) < 4.78 is 0. The Labute approximate surface area is 85.4 Å². The van der Waals surface area contributed by atoms with Crippen molar-refractivity contribution in [3.8, 4) is 0 Å². The first-order valence-corrected chi connectivity index (χ1v) is 4.77. The molecule has 0 bridgehead atoms. The van der Waals surface area contributed by atoms with Gasteiger partial charge in [0.25, 0.3) is 0 Å². The minimum Gasteiger partial charge on any atom is -0.388 e. The number of benzene rings is 1. The lowest BCUT2D eigenvalue weighted by atomic mass is 10.0. The Morgan fingerprint density at radius 1 is 1.36 bits per heavy atom. The van der Waals surface area contributed by atoms with Crippen LogP contribution in [0.2, 0.25) is 0 Å². The Kier molecular flexibility index (Phi) is 4.14. The molecule has 0 saturated carbocycles. The molecule has 1 rings (SSSR count). The highest BCUT2D eigenvalue weighted by molar-refractivity contribution is 5.18. The molecular weight excluding hydrogens is 172 g/mol. The van der Waals surface area contributed by atoms with Crippen LogP contribution in [0.5, 0.6) is 0 Å². The minimum absolute atomic E-state index is 0.465. The smallest absolute Gasteiger partial charge is 0.0787 e. The summed E-state index contributed by atoms with van der Waals surface area (Å²) in [5.74, 6) is 0. The van der Waals surface area contributed by atoms with Crippen molar-refractivity contribution in [1.82, 2.24) is 0 Å². The number of aliphatic hydroxyl groups excluding tert-OH is 1. The minimum atomic E-state index is -0.465. The number of hydrogen-bond donors (Lipinski definition) is 1. The van der Waals surface area contributed by atoms with E-state index in [0.717, 1.165) is 6.42 Å². The molecule has 74 valence electrons. The standard InChI is InChI=1S/C13H16O/c1-3-11(2)13(14)10-9-12-7-5-4-6-8-12/h3-8,13-14H,1-2,9-10H2. The van der Waals surface area contributed by atoms with Crippen molar-refractivity contribution < 1.29 is 5.11 Å². The van der Waals surface area contributed by atoms with Crippen LogP contribution in [0.15, 0.2) is 55.1 Å². The lowest BCUT2D eigenvalue weighted by molar-refractivity contribution is 0.205. The monoisotopic (exact) mass is 188 g/mol. The van der Waals surface area contributed by atoms with Gasteiger partial charge in [0.1, 0.15) is 0 Å². The van der Waals surface area contributed by atoms with Crippen LogP contribution < -0.4 is 0 Å². The second kappa shape index (κ2) is 5.40. The van der Waals surface area contributed by atoms with Crippen LogP contribution in [-0.2, 0) is 6.42 Å². The van der Waals surface area contributed by atoms with Gasteiger partial charge in [0.2, 0.25) is 0 Å². The van der Waals surface area contributed by atoms with Gasteiger partial charge in [-0.05, 0) is 24.0 Å². The van der Waals surface area contributed by atoms with Crippen LogP contribution in [0.25, 0.3) is 0 Å². The van der Waals surface area contributed by atoms with Gasteiger partial charge in [0, 0.05) is 0 Å². The molecule has 1 heteroatoms. The van der Waals surface area contributed by atoms with Crippen LogP contribution in [0, 0.1) is 0 Å². The summed E-state index contributed by atoms with van der Waals surface area (Å²) >= 11 is 0. The predicted octanol–water partition coefficient (Wildman–Crippen LogP) is 2.72. The van der Waals surface area contributed by atoms with Crippen LogP contribution in [0.1, 0.15) is 12.0 Å². The number of aliphatic hydroxyl groups is 1. The molecule has 0 aliphatic heterocycles. The Morgan fingerprint density at radius 3 is 2.57 bits per heavy atom. The molecule has 0 fully saturated rings. The van der Waals surface area contributed by atoms with E-state index in [1.165, 1.54) is 5.56 Å². The summed E-state index contributed by atoms with van der Waals surface area (Å²) in [7, 11) is 0. The molecule has 0 saturated heterocycles. The molecule has 0 radical (unpaired) electrons. The number of aryl methyl sites for hydroxylation is 1. The normalized spacial score (nSPS) is 12.1. The summed E-state index contributed by atoms with van der Waals surface area (Å²) in [5, 5.41) is 9.61. The Bertz CT molecular complexity index is 300. The predicted molar refractivity (Wildman–Crippen MR) is 60.1 cm³/mol. The van der Waals surface area contributed by atoms with Crippen molar-refractivity contribution in [3.05, 3.63) is 60.7 Å². The van der Waals surface area contributed by atoms with Gasteiger partial charge in [0.15, 0.2) is 0 Å². The lowest BCUT2D eigenvalue weighted by Crippen LogP contribution is -2.08. The molecule has 0 aromatic heterocycles. The average molecular weight is 188 g/mol. The van der Waals surface area contributed by atoms with E-state index >= 15 is 0 Å². The molecule has 1 atom stereocenters. The van der Waals surface area contributed by atoms with E-state index in [2.05, 4.69) is 25.3 Å². The van der Waals surface area contributed by atoms with E-state index in [0.29, 0.717) is 12.0 Å². The molecule has 0 aliphatic rings. The van der Waals surface area contributed by atoms with Gasteiger partial charge in [-0.1, -0.05) is 49.6 Å². The molecule has 0 spiro atoms. The zero-order valence-electron chi connectivity index (χ0n) is 8.32. The van der Waals surface area contributed by atoms with E-state index in [9.17, 15) is 5.11 Å². The van der Waals surface area contributed by atoms with Crippen LogP contribution in [0.3, 0.4) is 0 Å². The molecule has 1 unspecified atom stereocenters.